The van der Waals surface area contributed by atoms with Gasteiger partial charge in [0.1, 0.15) is 5.75 Å². The van der Waals surface area contributed by atoms with E-state index in [1.165, 1.54) is 13.3 Å². The van der Waals surface area contributed by atoms with E-state index in [9.17, 15) is 9.90 Å². The maximum Gasteiger partial charge on any atom is 0.277 e. The van der Waals surface area contributed by atoms with Gasteiger partial charge in [0.25, 0.3) is 5.91 Å². The number of benzene rings is 2. The van der Waals surface area contributed by atoms with E-state index in [-0.39, 0.29) is 24.0 Å². The van der Waals surface area contributed by atoms with Crippen molar-refractivity contribution < 1.29 is 19.4 Å². The van der Waals surface area contributed by atoms with Gasteiger partial charge in [0, 0.05) is 10.0 Å². The van der Waals surface area contributed by atoms with Crippen molar-refractivity contribution in [2.75, 3.05) is 13.7 Å². The normalized spacial score (nSPS) is 10.8. The average Bonchev–Trinajstić information content (AvgIpc) is 2.61. The second-order valence-corrected chi connectivity index (χ2v) is 7.03. The maximum absolute atomic E-state index is 11.9. The molecule has 0 saturated heterocycles. The molecular weight excluding hydrogens is 468 g/mol. The number of carbonyl (C=O) groups is 1. The van der Waals surface area contributed by atoms with Crippen LogP contribution in [0.25, 0.3) is 0 Å². The van der Waals surface area contributed by atoms with Crippen LogP contribution < -0.4 is 14.9 Å². The lowest BCUT2D eigenvalue weighted by Crippen LogP contribution is -2.25. The number of rotatable bonds is 6. The van der Waals surface area contributed by atoms with Gasteiger partial charge in [-0.25, -0.2) is 5.43 Å². The molecule has 2 aromatic rings. The average molecular weight is 486 g/mol. The standard InChI is InChI=1S/C18H18Br2N2O4/c1-10-5-4-6-11(2)18(10)26-9-14(23)22-21-8-12-7-13(25-3)17(24)16(20)15(12)19/h4-8,24H,9H2,1-3H3,(H,22,23)/b21-8-. The van der Waals surface area contributed by atoms with Crippen LogP contribution in [0.4, 0.5) is 0 Å². The molecule has 2 N–H and O–H groups in total. The van der Waals surface area contributed by atoms with Crippen molar-refractivity contribution >= 4 is 44.0 Å². The molecule has 0 radical (unpaired) electrons. The summed E-state index contributed by atoms with van der Waals surface area (Å²) in [7, 11) is 1.45. The highest BCUT2D eigenvalue weighted by atomic mass is 79.9. The molecular formula is C18H18Br2N2O4. The predicted octanol–water partition coefficient (Wildman–Crippen LogP) is 4.07. The molecule has 2 aromatic carbocycles. The van der Waals surface area contributed by atoms with E-state index in [0.717, 1.165) is 11.1 Å². The van der Waals surface area contributed by atoms with Crippen LogP contribution in [0.2, 0.25) is 0 Å². The van der Waals surface area contributed by atoms with E-state index < -0.39 is 0 Å². The van der Waals surface area contributed by atoms with E-state index >= 15 is 0 Å². The minimum Gasteiger partial charge on any atom is -0.503 e. The number of ether oxygens (including phenoxy) is 2. The van der Waals surface area contributed by atoms with Crippen LogP contribution in [-0.4, -0.2) is 30.9 Å². The minimum atomic E-state index is -0.384. The highest BCUT2D eigenvalue weighted by Gasteiger charge is 2.14. The van der Waals surface area contributed by atoms with Crippen molar-refractivity contribution in [3.8, 4) is 17.2 Å². The molecule has 0 aliphatic rings. The van der Waals surface area contributed by atoms with Crippen LogP contribution in [0.5, 0.6) is 17.2 Å². The van der Waals surface area contributed by atoms with Gasteiger partial charge in [-0.2, -0.15) is 5.10 Å². The Morgan fingerprint density at radius 3 is 2.54 bits per heavy atom. The predicted molar refractivity (Wildman–Crippen MR) is 107 cm³/mol. The molecule has 0 bridgehead atoms. The maximum atomic E-state index is 11.9. The van der Waals surface area contributed by atoms with Crippen molar-refractivity contribution in [1.82, 2.24) is 5.43 Å². The molecule has 0 unspecified atom stereocenters. The number of para-hydroxylation sites is 1. The van der Waals surface area contributed by atoms with E-state index in [4.69, 9.17) is 9.47 Å². The van der Waals surface area contributed by atoms with Gasteiger partial charge < -0.3 is 14.6 Å². The second kappa shape index (κ2) is 9.05. The zero-order valence-electron chi connectivity index (χ0n) is 14.5. The summed E-state index contributed by atoms with van der Waals surface area (Å²) in [5.41, 5.74) is 4.95. The summed E-state index contributed by atoms with van der Waals surface area (Å²) < 4.78 is 11.7. The van der Waals surface area contributed by atoms with Crippen molar-refractivity contribution in [3.05, 3.63) is 49.9 Å². The molecule has 0 spiro atoms. The second-order valence-electron chi connectivity index (χ2n) is 5.45. The van der Waals surface area contributed by atoms with Gasteiger partial charge in [-0.15, -0.1) is 0 Å². The molecule has 26 heavy (non-hydrogen) atoms. The Morgan fingerprint density at radius 1 is 1.27 bits per heavy atom. The number of hydrogen-bond acceptors (Lipinski definition) is 5. The molecule has 0 saturated carbocycles. The SMILES string of the molecule is COc1cc(/C=N\NC(=O)COc2c(C)cccc2C)c(Br)c(Br)c1O. The Morgan fingerprint density at radius 2 is 1.92 bits per heavy atom. The molecule has 0 fully saturated rings. The number of carbonyl (C=O) groups excluding carboxylic acids is 1. The first-order valence-electron chi connectivity index (χ1n) is 7.61. The van der Waals surface area contributed by atoms with Crippen LogP contribution in [0, 0.1) is 13.8 Å². The monoisotopic (exact) mass is 484 g/mol. The molecule has 6 nitrogen and oxygen atoms in total. The number of aromatic hydroxyl groups is 1. The molecule has 138 valence electrons. The Hall–Kier alpha value is -2.06. The number of nitrogens with one attached hydrogen (secondary N) is 1. The third-order valence-electron chi connectivity index (χ3n) is 3.54. The summed E-state index contributed by atoms with van der Waals surface area (Å²) in [6, 6.07) is 7.37. The Kier molecular flexibility index (Phi) is 7.05. The molecule has 0 aromatic heterocycles. The number of aryl methyl sites for hydroxylation is 2. The van der Waals surface area contributed by atoms with Crippen molar-refractivity contribution in [2.45, 2.75) is 13.8 Å². The highest BCUT2D eigenvalue weighted by molar-refractivity contribution is 9.13. The van der Waals surface area contributed by atoms with Gasteiger partial charge >= 0.3 is 0 Å². The topological polar surface area (TPSA) is 80.2 Å². The third kappa shape index (κ3) is 4.76. The van der Waals surface area contributed by atoms with Gasteiger partial charge in [-0.3, -0.25) is 4.79 Å². The number of phenolic OH excluding ortho intramolecular Hbond substituents is 1. The number of phenols is 1. The van der Waals surface area contributed by atoms with E-state index in [1.807, 2.05) is 32.0 Å². The summed E-state index contributed by atoms with van der Waals surface area (Å²) in [5.74, 6) is 0.570. The first kappa shape index (κ1) is 20.3. The number of nitrogens with zero attached hydrogens (tertiary/aromatic N) is 1. The van der Waals surface area contributed by atoms with Crippen molar-refractivity contribution in [2.24, 2.45) is 5.10 Å². The fraction of sp³-hybridized carbons (Fsp3) is 0.222. The molecule has 0 aliphatic carbocycles. The quantitative estimate of drug-likeness (QED) is 0.477. The summed E-state index contributed by atoms with van der Waals surface area (Å²) in [6.07, 6.45) is 1.44. The summed E-state index contributed by atoms with van der Waals surface area (Å²) >= 11 is 6.61. The van der Waals surface area contributed by atoms with Crippen LogP contribution in [-0.2, 0) is 4.79 Å². The molecule has 0 atom stereocenters. The highest BCUT2D eigenvalue weighted by Crippen LogP contribution is 2.41. The third-order valence-corrected chi connectivity index (χ3v) is 5.70. The summed E-state index contributed by atoms with van der Waals surface area (Å²) in [4.78, 5) is 11.9. The molecule has 1 amide bonds. The minimum absolute atomic E-state index is 0.0254. The van der Waals surface area contributed by atoms with Crippen LogP contribution >= 0.6 is 31.9 Å². The summed E-state index contributed by atoms with van der Waals surface area (Å²) in [5, 5.41) is 13.8. The largest absolute Gasteiger partial charge is 0.503 e. The zero-order valence-corrected chi connectivity index (χ0v) is 17.6. The van der Waals surface area contributed by atoms with Gasteiger partial charge in [-0.05, 0) is 62.9 Å². The Balaban J connectivity index is 2.00. The van der Waals surface area contributed by atoms with Crippen molar-refractivity contribution in [1.29, 1.82) is 0 Å². The first-order chi connectivity index (χ1) is 12.3. The van der Waals surface area contributed by atoms with Gasteiger partial charge in [0.15, 0.2) is 18.1 Å². The van der Waals surface area contributed by atoms with E-state index in [2.05, 4.69) is 42.4 Å². The Bertz CT molecular complexity index is 833. The fourth-order valence-electron chi connectivity index (χ4n) is 2.23. The fourth-order valence-corrected chi connectivity index (χ4v) is 3.06. The van der Waals surface area contributed by atoms with Crippen LogP contribution in [0.15, 0.2) is 38.3 Å². The van der Waals surface area contributed by atoms with Gasteiger partial charge in [0.2, 0.25) is 0 Å². The molecule has 0 heterocycles. The van der Waals surface area contributed by atoms with Crippen LogP contribution in [0.3, 0.4) is 0 Å². The zero-order chi connectivity index (χ0) is 19.3. The lowest BCUT2D eigenvalue weighted by molar-refractivity contribution is -0.123. The van der Waals surface area contributed by atoms with Crippen LogP contribution in [0.1, 0.15) is 16.7 Å². The summed E-state index contributed by atoms with van der Waals surface area (Å²) in [6.45, 7) is 3.70. The number of hydrogen-bond donors (Lipinski definition) is 2. The van der Waals surface area contributed by atoms with Gasteiger partial charge in [-0.1, -0.05) is 18.2 Å². The smallest absolute Gasteiger partial charge is 0.277 e. The lowest BCUT2D eigenvalue weighted by Gasteiger charge is -2.11. The molecule has 0 aliphatic heterocycles. The first-order valence-corrected chi connectivity index (χ1v) is 9.19. The van der Waals surface area contributed by atoms with E-state index in [1.54, 1.807) is 6.07 Å². The lowest BCUT2D eigenvalue weighted by atomic mass is 10.1. The molecule has 2 rings (SSSR count). The van der Waals surface area contributed by atoms with E-state index in [0.29, 0.717) is 20.3 Å². The number of methoxy groups -OCH3 is 1. The number of amides is 1. The van der Waals surface area contributed by atoms with Crippen molar-refractivity contribution in [3.63, 3.8) is 0 Å². The Labute approximate surface area is 168 Å². The number of hydrazone groups is 1. The molecule has 8 heteroatoms. The number of halogens is 2. The van der Waals surface area contributed by atoms with Gasteiger partial charge in [0.05, 0.1) is 17.8 Å².